The van der Waals surface area contributed by atoms with E-state index in [-0.39, 0.29) is 0 Å². The molecule has 0 fully saturated rings. The Balaban J connectivity index is 2.25. The maximum Gasteiger partial charge on any atom is 0.0960 e. The molecule has 3 nitrogen and oxygen atoms in total. The van der Waals surface area contributed by atoms with Gasteiger partial charge in [0.1, 0.15) is 0 Å². The summed E-state index contributed by atoms with van der Waals surface area (Å²) in [6.07, 6.45) is 2.81. The first-order valence-corrected chi connectivity index (χ1v) is 5.01. The molecule has 1 rings (SSSR count). The van der Waals surface area contributed by atoms with Gasteiger partial charge in [0.25, 0.3) is 0 Å². The Labute approximate surface area is 84.7 Å². The van der Waals surface area contributed by atoms with Gasteiger partial charge in [-0.15, -0.1) is 0 Å². The van der Waals surface area contributed by atoms with E-state index >= 15 is 0 Å². The van der Waals surface area contributed by atoms with E-state index in [1.165, 1.54) is 0 Å². The number of hydrogen-bond donors (Lipinski definition) is 1. The monoisotopic (exact) mass is 195 g/mol. The summed E-state index contributed by atoms with van der Waals surface area (Å²) in [5.41, 5.74) is 0.740. The minimum Gasteiger partial charge on any atom is -0.387 e. The number of aromatic nitrogens is 1. The number of hydrogen-bond acceptors (Lipinski definition) is 3. The third-order valence-electron chi connectivity index (χ3n) is 2.00. The van der Waals surface area contributed by atoms with Gasteiger partial charge in [-0.05, 0) is 31.9 Å². The fourth-order valence-electron chi connectivity index (χ4n) is 1.24. The molecule has 0 bridgehead atoms. The zero-order chi connectivity index (χ0) is 10.2. The van der Waals surface area contributed by atoms with Crippen molar-refractivity contribution in [1.29, 1.82) is 0 Å². The molecule has 0 saturated heterocycles. The second-order valence-electron chi connectivity index (χ2n) is 3.11. The zero-order valence-electron chi connectivity index (χ0n) is 8.52. The quantitative estimate of drug-likeness (QED) is 0.705. The van der Waals surface area contributed by atoms with Crippen LogP contribution in [0.25, 0.3) is 0 Å². The SMILES string of the molecule is CCOCCCC(O)c1ccccn1. The number of nitrogens with zero attached hydrogens (tertiary/aromatic N) is 1. The number of pyridine rings is 1. The average Bonchev–Trinajstić information content (AvgIpc) is 2.25. The van der Waals surface area contributed by atoms with E-state index in [1.54, 1.807) is 6.20 Å². The fourth-order valence-corrected chi connectivity index (χ4v) is 1.24. The molecule has 1 atom stereocenters. The molecule has 1 heterocycles. The van der Waals surface area contributed by atoms with E-state index in [0.29, 0.717) is 13.0 Å². The summed E-state index contributed by atoms with van der Waals surface area (Å²) in [5, 5.41) is 9.70. The lowest BCUT2D eigenvalue weighted by Crippen LogP contribution is -2.02. The van der Waals surface area contributed by atoms with Crippen LogP contribution in [-0.4, -0.2) is 23.3 Å². The lowest BCUT2D eigenvalue weighted by atomic mass is 10.1. The Bertz CT molecular complexity index is 238. The van der Waals surface area contributed by atoms with Gasteiger partial charge in [-0.1, -0.05) is 6.07 Å². The number of aliphatic hydroxyl groups is 1. The van der Waals surface area contributed by atoms with Gasteiger partial charge in [0.2, 0.25) is 0 Å². The van der Waals surface area contributed by atoms with Crippen molar-refractivity contribution in [2.45, 2.75) is 25.9 Å². The molecule has 0 saturated carbocycles. The molecule has 1 N–H and O–H groups in total. The van der Waals surface area contributed by atoms with Crippen molar-refractivity contribution in [2.75, 3.05) is 13.2 Å². The highest BCUT2D eigenvalue weighted by Gasteiger charge is 2.06. The van der Waals surface area contributed by atoms with Gasteiger partial charge in [-0.2, -0.15) is 0 Å². The summed E-state index contributed by atoms with van der Waals surface area (Å²) in [7, 11) is 0. The molecule has 3 heteroatoms. The zero-order valence-corrected chi connectivity index (χ0v) is 8.52. The molecule has 1 aromatic heterocycles. The number of ether oxygens (including phenoxy) is 1. The summed E-state index contributed by atoms with van der Waals surface area (Å²) < 4.78 is 5.19. The topological polar surface area (TPSA) is 42.4 Å². The van der Waals surface area contributed by atoms with E-state index in [4.69, 9.17) is 4.74 Å². The summed E-state index contributed by atoms with van der Waals surface area (Å²) in [5.74, 6) is 0. The van der Waals surface area contributed by atoms with Crippen molar-refractivity contribution in [3.63, 3.8) is 0 Å². The summed E-state index contributed by atoms with van der Waals surface area (Å²) in [6.45, 7) is 3.41. The van der Waals surface area contributed by atoms with Crippen molar-refractivity contribution in [2.24, 2.45) is 0 Å². The van der Waals surface area contributed by atoms with Crippen LogP contribution in [0.4, 0.5) is 0 Å². The highest BCUT2D eigenvalue weighted by molar-refractivity contribution is 5.06. The predicted octanol–water partition coefficient (Wildman–Crippen LogP) is 1.93. The first kappa shape index (κ1) is 11.1. The van der Waals surface area contributed by atoms with Crippen molar-refractivity contribution in [1.82, 2.24) is 4.98 Å². The van der Waals surface area contributed by atoms with Gasteiger partial charge in [-0.3, -0.25) is 4.98 Å². The first-order chi connectivity index (χ1) is 6.84. The van der Waals surface area contributed by atoms with E-state index in [9.17, 15) is 5.11 Å². The largest absolute Gasteiger partial charge is 0.387 e. The Morgan fingerprint density at radius 2 is 2.36 bits per heavy atom. The van der Waals surface area contributed by atoms with Crippen molar-refractivity contribution in [3.05, 3.63) is 30.1 Å². The molecule has 0 radical (unpaired) electrons. The highest BCUT2D eigenvalue weighted by Crippen LogP contribution is 2.14. The van der Waals surface area contributed by atoms with Gasteiger partial charge in [0, 0.05) is 19.4 Å². The van der Waals surface area contributed by atoms with Gasteiger partial charge < -0.3 is 9.84 Å². The normalized spacial score (nSPS) is 12.7. The van der Waals surface area contributed by atoms with Crippen LogP contribution in [0, 0.1) is 0 Å². The van der Waals surface area contributed by atoms with Crippen LogP contribution in [0.2, 0.25) is 0 Å². The molecular formula is C11H17NO2. The third-order valence-corrected chi connectivity index (χ3v) is 2.00. The van der Waals surface area contributed by atoms with Crippen LogP contribution in [0.1, 0.15) is 31.6 Å². The second-order valence-corrected chi connectivity index (χ2v) is 3.11. The minimum atomic E-state index is -0.461. The van der Waals surface area contributed by atoms with Crippen LogP contribution in [0.15, 0.2) is 24.4 Å². The van der Waals surface area contributed by atoms with Crippen molar-refractivity contribution in [3.8, 4) is 0 Å². The lowest BCUT2D eigenvalue weighted by molar-refractivity contribution is 0.113. The Morgan fingerprint density at radius 3 is 3.00 bits per heavy atom. The molecule has 14 heavy (non-hydrogen) atoms. The predicted molar refractivity (Wildman–Crippen MR) is 54.9 cm³/mol. The molecular weight excluding hydrogens is 178 g/mol. The molecule has 78 valence electrons. The number of aliphatic hydroxyl groups excluding tert-OH is 1. The first-order valence-electron chi connectivity index (χ1n) is 5.01. The maximum atomic E-state index is 9.70. The molecule has 0 aliphatic heterocycles. The Morgan fingerprint density at radius 1 is 1.50 bits per heavy atom. The van der Waals surface area contributed by atoms with E-state index < -0.39 is 6.10 Å². The molecule has 1 aromatic rings. The van der Waals surface area contributed by atoms with Gasteiger partial charge in [0.15, 0.2) is 0 Å². The minimum absolute atomic E-state index is 0.461. The Kier molecular flexibility index (Phi) is 5.19. The molecule has 0 spiro atoms. The Hall–Kier alpha value is -0.930. The third kappa shape index (κ3) is 3.85. The number of rotatable bonds is 6. The maximum absolute atomic E-state index is 9.70. The molecule has 0 aliphatic rings. The van der Waals surface area contributed by atoms with Crippen LogP contribution in [-0.2, 0) is 4.74 Å². The van der Waals surface area contributed by atoms with Crippen LogP contribution in [0.5, 0.6) is 0 Å². The summed E-state index contributed by atoms with van der Waals surface area (Å²) >= 11 is 0. The van der Waals surface area contributed by atoms with Crippen LogP contribution >= 0.6 is 0 Å². The molecule has 0 aromatic carbocycles. The van der Waals surface area contributed by atoms with Gasteiger partial charge in [-0.25, -0.2) is 0 Å². The van der Waals surface area contributed by atoms with E-state index in [1.807, 2.05) is 25.1 Å². The van der Waals surface area contributed by atoms with Crippen LogP contribution < -0.4 is 0 Å². The second kappa shape index (κ2) is 6.51. The average molecular weight is 195 g/mol. The lowest BCUT2D eigenvalue weighted by Gasteiger charge is -2.09. The van der Waals surface area contributed by atoms with E-state index in [2.05, 4.69) is 4.98 Å². The van der Waals surface area contributed by atoms with E-state index in [0.717, 1.165) is 18.7 Å². The standard InChI is InChI=1S/C11H17NO2/c1-2-14-9-5-7-11(13)10-6-3-4-8-12-10/h3-4,6,8,11,13H,2,5,7,9H2,1H3. The van der Waals surface area contributed by atoms with Crippen LogP contribution in [0.3, 0.4) is 0 Å². The molecule has 0 amide bonds. The summed E-state index contributed by atoms with van der Waals surface area (Å²) in [4.78, 5) is 4.09. The molecule has 1 unspecified atom stereocenters. The smallest absolute Gasteiger partial charge is 0.0960 e. The summed E-state index contributed by atoms with van der Waals surface area (Å²) in [6, 6.07) is 5.57. The highest BCUT2D eigenvalue weighted by atomic mass is 16.5. The fraction of sp³-hybridized carbons (Fsp3) is 0.545. The van der Waals surface area contributed by atoms with Crippen molar-refractivity contribution >= 4 is 0 Å². The van der Waals surface area contributed by atoms with Gasteiger partial charge in [0.05, 0.1) is 11.8 Å². The van der Waals surface area contributed by atoms with Crippen molar-refractivity contribution < 1.29 is 9.84 Å². The van der Waals surface area contributed by atoms with Gasteiger partial charge >= 0.3 is 0 Å². The molecule has 0 aliphatic carbocycles.